The Hall–Kier alpha value is -2.63. The van der Waals surface area contributed by atoms with Crippen molar-refractivity contribution >= 4 is 5.69 Å². The number of rotatable bonds is 4. The molecule has 2 aromatic heterocycles. The van der Waals surface area contributed by atoms with E-state index in [1.807, 2.05) is 6.20 Å². The summed E-state index contributed by atoms with van der Waals surface area (Å²) in [7, 11) is 0. The molecule has 3 aromatic rings. The van der Waals surface area contributed by atoms with Gasteiger partial charge in [0.15, 0.2) is 0 Å². The molecular weight excluding hydrogens is 314 g/mol. The number of nitrogens with one attached hydrogen (secondary N) is 1. The molecular formula is C19H21N5O. The van der Waals surface area contributed by atoms with Crippen LogP contribution in [-0.2, 0) is 0 Å². The molecule has 5 rings (SSSR count). The van der Waals surface area contributed by atoms with E-state index in [1.54, 1.807) is 6.33 Å². The SMILES string of the molecule is c1ncc([C@H]2C[C@@H]2c2nc(-c3ccc(N4CCCCC4)cc3)no2)[nH]1. The van der Waals surface area contributed by atoms with Crippen molar-refractivity contribution in [2.45, 2.75) is 37.5 Å². The minimum atomic E-state index is 0.314. The lowest BCUT2D eigenvalue weighted by molar-refractivity contribution is 0.378. The third-order valence-electron chi connectivity index (χ3n) is 5.31. The van der Waals surface area contributed by atoms with Gasteiger partial charge in [0.25, 0.3) is 0 Å². The standard InChI is InChI=1S/C19H21N5O/c1-2-8-24(9-3-1)14-6-4-13(5-7-14)18-22-19(25-23-18)16-10-15(16)17-11-20-12-21-17/h4-7,11-12,15-16H,1-3,8-10H2,(H,20,21)/t15-,16-/m0/s1. The molecule has 1 N–H and O–H groups in total. The van der Waals surface area contributed by atoms with E-state index in [1.165, 1.54) is 24.9 Å². The largest absolute Gasteiger partial charge is 0.372 e. The molecule has 6 heteroatoms. The van der Waals surface area contributed by atoms with Gasteiger partial charge in [-0.25, -0.2) is 4.98 Å². The molecule has 2 fully saturated rings. The molecule has 2 aliphatic rings. The molecule has 25 heavy (non-hydrogen) atoms. The predicted molar refractivity (Wildman–Crippen MR) is 94.5 cm³/mol. The van der Waals surface area contributed by atoms with Gasteiger partial charge in [-0.2, -0.15) is 4.98 Å². The van der Waals surface area contributed by atoms with Gasteiger partial charge in [-0.05, 0) is 49.9 Å². The molecule has 1 saturated carbocycles. The maximum absolute atomic E-state index is 5.51. The van der Waals surface area contributed by atoms with Gasteiger partial charge in [-0.15, -0.1) is 0 Å². The Kier molecular flexibility index (Phi) is 3.54. The predicted octanol–water partition coefficient (Wildman–Crippen LogP) is 3.72. The average Bonchev–Trinajstić information content (AvgIpc) is 3.10. The number of piperidine rings is 1. The first-order valence-corrected chi connectivity index (χ1v) is 9.06. The number of hydrogen-bond donors (Lipinski definition) is 1. The van der Waals surface area contributed by atoms with Crippen LogP contribution in [0.4, 0.5) is 5.69 Å². The third kappa shape index (κ3) is 2.81. The van der Waals surface area contributed by atoms with Crippen LogP contribution in [0.25, 0.3) is 11.4 Å². The first kappa shape index (κ1) is 14.7. The summed E-state index contributed by atoms with van der Waals surface area (Å²) in [6.45, 7) is 2.31. The van der Waals surface area contributed by atoms with Crippen molar-refractivity contribution in [1.29, 1.82) is 0 Å². The zero-order valence-electron chi connectivity index (χ0n) is 14.1. The van der Waals surface area contributed by atoms with Crippen molar-refractivity contribution in [2.75, 3.05) is 18.0 Å². The normalized spacial score (nSPS) is 23.0. The number of nitrogens with zero attached hydrogens (tertiary/aromatic N) is 4. The van der Waals surface area contributed by atoms with Gasteiger partial charge >= 0.3 is 0 Å². The molecule has 0 bridgehead atoms. The number of anilines is 1. The number of aromatic amines is 1. The summed E-state index contributed by atoms with van der Waals surface area (Å²) in [6.07, 6.45) is 8.55. The van der Waals surface area contributed by atoms with Crippen molar-refractivity contribution in [2.24, 2.45) is 0 Å². The van der Waals surface area contributed by atoms with E-state index >= 15 is 0 Å². The molecule has 0 radical (unpaired) electrons. The van der Waals surface area contributed by atoms with E-state index in [4.69, 9.17) is 4.52 Å². The Balaban J connectivity index is 1.30. The van der Waals surface area contributed by atoms with Crippen LogP contribution in [0.3, 0.4) is 0 Å². The average molecular weight is 335 g/mol. The van der Waals surface area contributed by atoms with Crippen molar-refractivity contribution in [3.63, 3.8) is 0 Å². The number of benzene rings is 1. The summed E-state index contributed by atoms with van der Waals surface area (Å²) in [6, 6.07) is 8.53. The van der Waals surface area contributed by atoms with Crippen molar-refractivity contribution < 1.29 is 4.52 Å². The fraction of sp³-hybridized carbons (Fsp3) is 0.421. The van der Waals surface area contributed by atoms with Crippen LogP contribution in [-0.4, -0.2) is 33.2 Å². The Labute approximate surface area is 146 Å². The summed E-state index contributed by atoms with van der Waals surface area (Å²) in [5.41, 5.74) is 3.44. The van der Waals surface area contributed by atoms with Crippen LogP contribution in [0.1, 0.15) is 49.1 Å². The second-order valence-electron chi connectivity index (χ2n) is 7.01. The van der Waals surface area contributed by atoms with E-state index in [-0.39, 0.29) is 0 Å². The molecule has 1 saturated heterocycles. The third-order valence-corrected chi connectivity index (χ3v) is 5.31. The second-order valence-corrected chi connectivity index (χ2v) is 7.01. The molecule has 128 valence electrons. The Bertz CT molecular complexity index is 833. The molecule has 1 aliphatic carbocycles. The maximum Gasteiger partial charge on any atom is 0.230 e. The van der Waals surface area contributed by atoms with E-state index in [9.17, 15) is 0 Å². The highest BCUT2D eigenvalue weighted by molar-refractivity contribution is 5.60. The molecule has 1 aromatic carbocycles. The van der Waals surface area contributed by atoms with Gasteiger partial charge in [0, 0.05) is 48.1 Å². The highest BCUT2D eigenvalue weighted by Crippen LogP contribution is 2.53. The van der Waals surface area contributed by atoms with Gasteiger partial charge in [-0.3, -0.25) is 0 Å². The molecule has 3 heterocycles. The smallest absolute Gasteiger partial charge is 0.230 e. The van der Waals surface area contributed by atoms with Crippen molar-refractivity contribution in [3.05, 3.63) is 48.4 Å². The number of aromatic nitrogens is 4. The summed E-state index contributed by atoms with van der Waals surface area (Å²) < 4.78 is 5.51. The van der Waals surface area contributed by atoms with Crippen LogP contribution in [0.5, 0.6) is 0 Å². The fourth-order valence-electron chi connectivity index (χ4n) is 3.76. The van der Waals surface area contributed by atoms with Crippen LogP contribution in [0, 0.1) is 0 Å². The van der Waals surface area contributed by atoms with Crippen LogP contribution in [0.2, 0.25) is 0 Å². The van der Waals surface area contributed by atoms with E-state index in [0.29, 0.717) is 17.7 Å². The van der Waals surface area contributed by atoms with Crippen molar-refractivity contribution in [3.8, 4) is 11.4 Å². The first-order chi connectivity index (χ1) is 12.4. The van der Waals surface area contributed by atoms with Gasteiger partial charge in [0.05, 0.1) is 6.33 Å². The van der Waals surface area contributed by atoms with E-state index in [0.717, 1.165) is 36.7 Å². The quantitative estimate of drug-likeness (QED) is 0.787. The summed E-state index contributed by atoms with van der Waals surface area (Å²) >= 11 is 0. The maximum atomic E-state index is 5.51. The lowest BCUT2D eigenvalue weighted by Crippen LogP contribution is -2.29. The number of hydrogen-bond acceptors (Lipinski definition) is 5. The topological polar surface area (TPSA) is 70.8 Å². The summed E-state index contributed by atoms with van der Waals surface area (Å²) in [4.78, 5) is 14.3. The van der Waals surface area contributed by atoms with E-state index in [2.05, 4.69) is 49.3 Å². The molecule has 0 spiro atoms. The van der Waals surface area contributed by atoms with Crippen LogP contribution >= 0.6 is 0 Å². The monoisotopic (exact) mass is 335 g/mol. The fourth-order valence-corrected chi connectivity index (χ4v) is 3.76. The van der Waals surface area contributed by atoms with Gasteiger partial charge in [0.1, 0.15) is 0 Å². The van der Waals surface area contributed by atoms with Crippen molar-refractivity contribution in [1.82, 2.24) is 20.1 Å². The van der Waals surface area contributed by atoms with Crippen LogP contribution < -0.4 is 4.90 Å². The number of H-pyrrole nitrogens is 1. The molecule has 1 aliphatic heterocycles. The lowest BCUT2D eigenvalue weighted by Gasteiger charge is -2.28. The second kappa shape index (κ2) is 6.02. The molecule has 0 amide bonds. The first-order valence-electron chi connectivity index (χ1n) is 9.06. The molecule has 6 nitrogen and oxygen atoms in total. The molecule has 2 atom stereocenters. The Morgan fingerprint density at radius 1 is 1.04 bits per heavy atom. The van der Waals surface area contributed by atoms with Gasteiger partial charge < -0.3 is 14.4 Å². The van der Waals surface area contributed by atoms with Gasteiger partial charge in [-0.1, -0.05) is 5.16 Å². The Morgan fingerprint density at radius 2 is 1.88 bits per heavy atom. The zero-order valence-corrected chi connectivity index (χ0v) is 14.1. The van der Waals surface area contributed by atoms with Gasteiger partial charge in [0.2, 0.25) is 11.7 Å². The lowest BCUT2D eigenvalue weighted by atomic mass is 10.1. The summed E-state index contributed by atoms with van der Waals surface area (Å²) in [5.74, 6) is 2.15. The minimum Gasteiger partial charge on any atom is -0.372 e. The summed E-state index contributed by atoms with van der Waals surface area (Å²) in [5, 5.41) is 4.18. The zero-order chi connectivity index (χ0) is 16.6. The Morgan fingerprint density at radius 3 is 2.64 bits per heavy atom. The highest BCUT2D eigenvalue weighted by atomic mass is 16.5. The minimum absolute atomic E-state index is 0.314. The highest BCUT2D eigenvalue weighted by Gasteiger charge is 2.44. The number of imidazole rings is 1. The van der Waals surface area contributed by atoms with Crippen LogP contribution in [0.15, 0.2) is 41.3 Å². The van der Waals surface area contributed by atoms with E-state index < -0.39 is 0 Å². The molecule has 0 unspecified atom stereocenters.